The molecule has 0 bridgehead atoms. The van der Waals surface area contributed by atoms with Crippen LogP contribution in [-0.2, 0) is 9.59 Å². The number of benzene rings is 1. The molecule has 1 aromatic rings. The van der Waals surface area contributed by atoms with Crippen LogP contribution in [0, 0.1) is 5.92 Å². The highest BCUT2D eigenvalue weighted by molar-refractivity contribution is 6.39. The Hall–Kier alpha value is -1.30. The van der Waals surface area contributed by atoms with E-state index in [-0.39, 0.29) is 24.9 Å². The number of para-hydroxylation sites is 1. The van der Waals surface area contributed by atoms with E-state index < -0.39 is 0 Å². The summed E-state index contributed by atoms with van der Waals surface area (Å²) in [6, 6.07) is 4.99. The van der Waals surface area contributed by atoms with Crippen LogP contribution in [-0.4, -0.2) is 42.9 Å². The lowest BCUT2D eigenvalue weighted by atomic mass is 10.3. The third-order valence-corrected chi connectivity index (χ3v) is 4.33. The average Bonchev–Trinajstić information content (AvgIpc) is 3.33. The highest BCUT2D eigenvalue weighted by Gasteiger charge is 2.22. The summed E-state index contributed by atoms with van der Waals surface area (Å²) >= 11 is 12.0. The SMILES string of the molecule is CCN(CC(=O)Nc1c(Cl)cccc1Cl)C(=O)CNCC1CC1. The number of anilines is 1. The summed E-state index contributed by atoms with van der Waals surface area (Å²) in [6.45, 7) is 3.40. The van der Waals surface area contributed by atoms with Gasteiger partial charge in [-0.25, -0.2) is 0 Å². The number of halogens is 2. The number of hydrogen-bond acceptors (Lipinski definition) is 3. The van der Waals surface area contributed by atoms with Gasteiger partial charge < -0.3 is 15.5 Å². The van der Waals surface area contributed by atoms with Crippen LogP contribution in [0.15, 0.2) is 18.2 Å². The van der Waals surface area contributed by atoms with E-state index in [0.717, 1.165) is 6.54 Å². The Morgan fingerprint density at radius 2 is 1.91 bits per heavy atom. The van der Waals surface area contributed by atoms with Gasteiger partial charge in [0, 0.05) is 6.54 Å². The minimum absolute atomic E-state index is 0.0258. The van der Waals surface area contributed by atoms with Crippen molar-refractivity contribution in [2.75, 3.05) is 31.5 Å². The Labute approximate surface area is 146 Å². The second kappa shape index (κ2) is 8.52. The maximum absolute atomic E-state index is 12.1. The molecule has 5 nitrogen and oxygen atoms in total. The van der Waals surface area contributed by atoms with E-state index in [1.165, 1.54) is 17.7 Å². The Balaban J connectivity index is 1.84. The van der Waals surface area contributed by atoms with Crippen LogP contribution in [0.2, 0.25) is 10.0 Å². The fraction of sp³-hybridized carbons (Fsp3) is 0.500. The molecule has 1 saturated carbocycles. The van der Waals surface area contributed by atoms with Crippen LogP contribution in [0.25, 0.3) is 0 Å². The molecule has 1 fully saturated rings. The molecule has 0 spiro atoms. The number of amides is 2. The Morgan fingerprint density at radius 1 is 1.26 bits per heavy atom. The number of hydrogen-bond donors (Lipinski definition) is 2. The summed E-state index contributed by atoms with van der Waals surface area (Å²) in [7, 11) is 0. The third kappa shape index (κ3) is 5.68. The molecule has 0 heterocycles. The van der Waals surface area contributed by atoms with Crippen LogP contribution in [0.1, 0.15) is 19.8 Å². The van der Waals surface area contributed by atoms with Crippen molar-refractivity contribution in [3.8, 4) is 0 Å². The second-order valence-corrected chi connectivity index (χ2v) is 6.44. The molecule has 2 rings (SSSR count). The molecule has 0 saturated heterocycles. The standard InChI is InChI=1S/C16H21Cl2N3O2/c1-2-21(15(23)9-19-8-11-6-7-11)10-14(22)20-16-12(17)4-3-5-13(16)18/h3-5,11,19H,2,6-10H2,1H3,(H,20,22). The summed E-state index contributed by atoms with van der Waals surface area (Å²) in [4.78, 5) is 25.8. The number of rotatable bonds is 8. The van der Waals surface area contributed by atoms with Crippen molar-refractivity contribution in [3.05, 3.63) is 28.2 Å². The molecule has 0 atom stereocenters. The first-order valence-electron chi connectivity index (χ1n) is 7.73. The summed E-state index contributed by atoms with van der Waals surface area (Å²) < 4.78 is 0. The Bertz CT molecular complexity index is 556. The summed E-state index contributed by atoms with van der Waals surface area (Å²) in [5.74, 6) is 0.300. The first-order valence-corrected chi connectivity index (χ1v) is 8.49. The smallest absolute Gasteiger partial charge is 0.244 e. The van der Waals surface area contributed by atoms with Crippen molar-refractivity contribution in [1.29, 1.82) is 0 Å². The van der Waals surface area contributed by atoms with Gasteiger partial charge in [-0.15, -0.1) is 0 Å². The molecule has 1 aliphatic carbocycles. The monoisotopic (exact) mass is 357 g/mol. The lowest BCUT2D eigenvalue weighted by molar-refractivity contribution is -0.133. The van der Waals surface area contributed by atoms with Crippen LogP contribution in [0.4, 0.5) is 5.69 Å². The van der Waals surface area contributed by atoms with Crippen LogP contribution in [0.5, 0.6) is 0 Å². The number of nitrogens with zero attached hydrogens (tertiary/aromatic N) is 1. The van der Waals surface area contributed by atoms with Crippen molar-refractivity contribution in [2.24, 2.45) is 5.92 Å². The fourth-order valence-electron chi connectivity index (χ4n) is 2.16. The predicted octanol–water partition coefficient (Wildman–Crippen LogP) is 2.78. The van der Waals surface area contributed by atoms with Gasteiger partial charge in [-0.1, -0.05) is 29.3 Å². The van der Waals surface area contributed by atoms with Crippen molar-refractivity contribution >= 4 is 40.7 Å². The molecule has 126 valence electrons. The summed E-state index contributed by atoms with van der Waals surface area (Å²) in [6.07, 6.45) is 2.47. The quantitative estimate of drug-likeness (QED) is 0.751. The van der Waals surface area contributed by atoms with Gasteiger partial charge in [0.05, 0.1) is 28.8 Å². The highest BCUT2D eigenvalue weighted by Crippen LogP contribution is 2.29. The largest absolute Gasteiger partial charge is 0.333 e. The second-order valence-electron chi connectivity index (χ2n) is 5.63. The zero-order chi connectivity index (χ0) is 16.8. The minimum Gasteiger partial charge on any atom is -0.333 e. The first-order chi connectivity index (χ1) is 11.0. The topological polar surface area (TPSA) is 61.4 Å². The third-order valence-electron chi connectivity index (χ3n) is 3.70. The Morgan fingerprint density at radius 3 is 2.48 bits per heavy atom. The normalized spacial score (nSPS) is 13.7. The van der Waals surface area contributed by atoms with Gasteiger partial charge in [-0.2, -0.15) is 0 Å². The minimum atomic E-state index is -0.322. The molecule has 7 heteroatoms. The molecule has 23 heavy (non-hydrogen) atoms. The van der Waals surface area contributed by atoms with E-state index in [4.69, 9.17) is 23.2 Å². The van der Waals surface area contributed by atoms with E-state index in [1.54, 1.807) is 18.2 Å². The molecule has 2 N–H and O–H groups in total. The molecule has 0 radical (unpaired) electrons. The lowest BCUT2D eigenvalue weighted by Crippen LogP contribution is -2.42. The van der Waals surface area contributed by atoms with Crippen molar-refractivity contribution in [1.82, 2.24) is 10.2 Å². The molecule has 2 amide bonds. The summed E-state index contributed by atoms with van der Waals surface area (Å²) in [5.41, 5.74) is 0.371. The van der Waals surface area contributed by atoms with Gasteiger partial charge in [0.25, 0.3) is 0 Å². The van der Waals surface area contributed by atoms with Gasteiger partial charge in [-0.3, -0.25) is 9.59 Å². The zero-order valence-corrected chi connectivity index (χ0v) is 14.6. The van der Waals surface area contributed by atoms with Crippen molar-refractivity contribution in [2.45, 2.75) is 19.8 Å². The van der Waals surface area contributed by atoms with Gasteiger partial charge in [0.2, 0.25) is 11.8 Å². The maximum Gasteiger partial charge on any atom is 0.244 e. The maximum atomic E-state index is 12.1. The molecule has 0 aromatic heterocycles. The van der Waals surface area contributed by atoms with Crippen molar-refractivity contribution in [3.63, 3.8) is 0 Å². The number of carbonyl (C=O) groups is 2. The van der Waals surface area contributed by atoms with Crippen LogP contribution in [0.3, 0.4) is 0 Å². The molecular weight excluding hydrogens is 337 g/mol. The number of likely N-dealkylation sites (N-methyl/N-ethyl adjacent to an activating group) is 1. The molecule has 0 aliphatic heterocycles. The van der Waals surface area contributed by atoms with E-state index in [9.17, 15) is 9.59 Å². The van der Waals surface area contributed by atoms with Crippen LogP contribution >= 0.6 is 23.2 Å². The van der Waals surface area contributed by atoms with Gasteiger partial charge >= 0.3 is 0 Å². The Kier molecular flexibility index (Phi) is 6.69. The van der Waals surface area contributed by atoms with Crippen molar-refractivity contribution < 1.29 is 9.59 Å². The van der Waals surface area contributed by atoms with E-state index in [0.29, 0.717) is 28.2 Å². The van der Waals surface area contributed by atoms with E-state index in [2.05, 4.69) is 10.6 Å². The van der Waals surface area contributed by atoms with Crippen LogP contribution < -0.4 is 10.6 Å². The van der Waals surface area contributed by atoms with Gasteiger partial charge in [0.15, 0.2) is 0 Å². The lowest BCUT2D eigenvalue weighted by Gasteiger charge is -2.21. The molecule has 0 unspecified atom stereocenters. The predicted molar refractivity (Wildman–Crippen MR) is 92.9 cm³/mol. The van der Waals surface area contributed by atoms with E-state index in [1.807, 2.05) is 6.92 Å². The molecule has 1 aromatic carbocycles. The van der Waals surface area contributed by atoms with E-state index >= 15 is 0 Å². The number of carbonyl (C=O) groups excluding carboxylic acids is 2. The van der Waals surface area contributed by atoms with Gasteiger partial charge in [0.1, 0.15) is 0 Å². The zero-order valence-electron chi connectivity index (χ0n) is 13.1. The average molecular weight is 358 g/mol. The number of nitrogens with one attached hydrogen (secondary N) is 2. The first kappa shape index (κ1) is 18.0. The molecule has 1 aliphatic rings. The fourth-order valence-corrected chi connectivity index (χ4v) is 2.65. The highest BCUT2D eigenvalue weighted by atomic mass is 35.5. The molecular formula is C16H21Cl2N3O2. The van der Waals surface area contributed by atoms with Gasteiger partial charge in [-0.05, 0) is 44.4 Å². The summed E-state index contributed by atoms with van der Waals surface area (Å²) in [5, 5.41) is 6.54.